The molecule has 18 heavy (non-hydrogen) atoms. The van der Waals surface area contributed by atoms with Gasteiger partial charge in [0.15, 0.2) is 0 Å². The van der Waals surface area contributed by atoms with Gasteiger partial charge in [0.05, 0.1) is 0 Å². The lowest BCUT2D eigenvalue weighted by molar-refractivity contribution is 0.669. The highest BCUT2D eigenvalue weighted by Gasteiger charge is 2.06. The minimum Gasteiger partial charge on any atom is -0.0845 e. The smallest absolute Gasteiger partial charge is 0.0276 e. The van der Waals surface area contributed by atoms with Crippen molar-refractivity contribution in [3.63, 3.8) is 0 Å². The molecule has 2 aliphatic rings. The zero-order chi connectivity index (χ0) is 12.5. The molecule has 0 atom stereocenters. The van der Waals surface area contributed by atoms with Crippen molar-refractivity contribution < 1.29 is 0 Å². The van der Waals surface area contributed by atoms with Crippen LogP contribution in [0.4, 0.5) is 0 Å². The van der Waals surface area contributed by atoms with E-state index in [9.17, 15) is 0 Å². The van der Waals surface area contributed by atoms with E-state index in [0.29, 0.717) is 0 Å². The van der Waals surface area contributed by atoms with Crippen LogP contribution in [0.3, 0.4) is 0 Å². The second-order valence-corrected chi connectivity index (χ2v) is 5.44. The minimum atomic E-state index is 1.25. The van der Waals surface area contributed by atoms with Crippen molar-refractivity contribution in [1.29, 1.82) is 0 Å². The lowest BCUT2D eigenvalue weighted by Crippen LogP contribution is -1.91. The molecule has 0 saturated carbocycles. The van der Waals surface area contributed by atoms with Crippen LogP contribution < -0.4 is 0 Å². The van der Waals surface area contributed by atoms with Gasteiger partial charge in [-0.15, -0.1) is 0 Å². The molecule has 0 unspecified atom stereocenters. The number of rotatable bonds is 1. The molecule has 2 aliphatic carbocycles. The van der Waals surface area contributed by atoms with Crippen LogP contribution in [0.2, 0.25) is 0 Å². The molecule has 0 aromatic heterocycles. The molecular weight excluding hydrogens is 216 g/mol. The number of hydrogen-bond acceptors (Lipinski definition) is 0. The van der Waals surface area contributed by atoms with Gasteiger partial charge in [-0.2, -0.15) is 0 Å². The Morgan fingerprint density at radius 1 is 0.556 bits per heavy atom. The number of hydrogen-bond donors (Lipinski definition) is 0. The fourth-order valence-electron chi connectivity index (χ4n) is 2.77. The molecule has 0 radical (unpaired) electrons. The van der Waals surface area contributed by atoms with Gasteiger partial charge in [-0.3, -0.25) is 0 Å². The highest BCUT2D eigenvalue weighted by molar-refractivity contribution is 5.36. The Bertz CT molecular complexity index is 316. The monoisotopic (exact) mass is 242 g/mol. The first kappa shape index (κ1) is 13.4. The van der Waals surface area contributed by atoms with Crippen LogP contribution >= 0.6 is 0 Å². The Balaban J connectivity index is 2.09. The summed E-state index contributed by atoms with van der Waals surface area (Å²) >= 11 is 0. The van der Waals surface area contributed by atoms with Gasteiger partial charge in [0.1, 0.15) is 0 Å². The second kappa shape index (κ2) is 8.13. The minimum absolute atomic E-state index is 1.25. The summed E-state index contributed by atoms with van der Waals surface area (Å²) in [5.74, 6) is 0. The molecule has 0 bridgehead atoms. The van der Waals surface area contributed by atoms with E-state index in [4.69, 9.17) is 0 Å². The highest BCUT2D eigenvalue weighted by Crippen LogP contribution is 2.25. The van der Waals surface area contributed by atoms with E-state index in [0.717, 1.165) is 0 Å². The van der Waals surface area contributed by atoms with E-state index in [1.807, 2.05) is 0 Å². The van der Waals surface area contributed by atoms with E-state index >= 15 is 0 Å². The standard InChI is InChI=1S/C18H26/c1-2-6-10-14-17(13-9-5-1)18-15-11-7-3-4-8-12-16-18/h5,7,9,11,13,15H,1-4,6,8,10,12,14,16H2. The van der Waals surface area contributed by atoms with Crippen molar-refractivity contribution in [1.82, 2.24) is 0 Å². The van der Waals surface area contributed by atoms with Crippen LogP contribution in [0, 0.1) is 0 Å². The van der Waals surface area contributed by atoms with Crippen LogP contribution in [0.1, 0.15) is 64.2 Å². The first-order valence-corrected chi connectivity index (χ1v) is 7.68. The van der Waals surface area contributed by atoms with Gasteiger partial charge >= 0.3 is 0 Å². The van der Waals surface area contributed by atoms with Gasteiger partial charge in [-0.25, -0.2) is 0 Å². The summed E-state index contributed by atoms with van der Waals surface area (Å²) in [5, 5.41) is 0. The summed E-state index contributed by atoms with van der Waals surface area (Å²) in [7, 11) is 0. The molecule has 0 spiro atoms. The molecule has 0 aromatic carbocycles. The first-order valence-electron chi connectivity index (χ1n) is 7.68. The average molecular weight is 242 g/mol. The van der Waals surface area contributed by atoms with Gasteiger partial charge < -0.3 is 0 Å². The fraction of sp³-hybridized carbons (Fsp3) is 0.556. The summed E-state index contributed by atoms with van der Waals surface area (Å²) in [6, 6.07) is 0. The SMILES string of the molecule is C1=CCCCCCC(C2=CC=CCCCCC2)=C1. The molecular formula is C18H26. The third kappa shape index (κ3) is 4.68. The van der Waals surface area contributed by atoms with Crippen molar-refractivity contribution in [2.75, 3.05) is 0 Å². The Hall–Kier alpha value is -1.04. The molecule has 98 valence electrons. The quantitative estimate of drug-likeness (QED) is 0.538. The van der Waals surface area contributed by atoms with Gasteiger partial charge in [0.2, 0.25) is 0 Å². The maximum absolute atomic E-state index is 2.36. The third-order valence-electron chi connectivity index (χ3n) is 3.91. The Morgan fingerprint density at radius 2 is 1.06 bits per heavy atom. The lowest BCUT2D eigenvalue weighted by atomic mass is 9.95. The molecule has 0 aromatic rings. The van der Waals surface area contributed by atoms with Crippen LogP contribution in [0.5, 0.6) is 0 Å². The van der Waals surface area contributed by atoms with Crippen LogP contribution in [-0.4, -0.2) is 0 Å². The summed E-state index contributed by atoms with van der Waals surface area (Å²) in [6.07, 6.45) is 27.2. The van der Waals surface area contributed by atoms with E-state index in [1.54, 1.807) is 11.1 Å². The molecule has 0 amide bonds. The summed E-state index contributed by atoms with van der Waals surface area (Å²) < 4.78 is 0. The van der Waals surface area contributed by atoms with Gasteiger partial charge in [0.25, 0.3) is 0 Å². The van der Waals surface area contributed by atoms with Gasteiger partial charge in [-0.05, 0) is 62.5 Å². The molecule has 0 heterocycles. The van der Waals surface area contributed by atoms with E-state index in [2.05, 4.69) is 36.5 Å². The van der Waals surface area contributed by atoms with E-state index in [1.165, 1.54) is 64.2 Å². The molecule has 0 N–H and O–H groups in total. The summed E-state index contributed by atoms with van der Waals surface area (Å²) in [5.41, 5.74) is 3.17. The number of allylic oxidation sites excluding steroid dienone is 8. The molecule has 2 rings (SSSR count). The van der Waals surface area contributed by atoms with Crippen LogP contribution in [0.15, 0.2) is 47.6 Å². The zero-order valence-corrected chi connectivity index (χ0v) is 11.5. The first-order chi connectivity index (χ1) is 8.97. The molecule has 0 fully saturated rings. The van der Waals surface area contributed by atoms with Gasteiger partial charge in [-0.1, -0.05) is 49.3 Å². The predicted molar refractivity (Wildman–Crippen MR) is 80.6 cm³/mol. The fourth-order valence-corrected chi connectivity index (χ4v) is 2.77. The predicted octanol–water partition coefficient (Wildman–Crippen LogP) is 5.88. The van der Waals surface area contributed by atoms with Crippen molar-refractivity contribution >= 4 is 0 Å². The van der Waals surface area contributed by atoms with E-state index < -0.39 is 0 Å². The van der Waals surface area contributed by atoms with Crippen molar-refractivity contribution in [2.45, 2.75) is 64.2 Å². The molecule has 0 heteroatoms. The second-order valence-electron chi connectivity index (χ2n) is 5.44. The molecule has 0 nitrogen and oxygen atoms in total. The topological polar surface area (TPSA) is 0 Å². The molecule has 0 aliphatic heterocycles. The van der Waals surface area contributed by atoms with Crippen molar-refractivity contribution in [3.8, 4) is 0 Å². The maximum atomic E-state index is 2.36. The van der Waals surface area contributed by atoms with Crippen LogP contribution in [-0.2, 0) is 0 Å². The zero-order valence-electron chi connectivity index (χ0n) is 11.5. The normalized spacial score (nSPS) is 22.7. The molecule has 0 saturated heterocycles. The van der Waals surface area contributed by atoms with E-state index in [-0.39, 0.29) is 0 Å². The Morgan fingerprint density at radius 3 is 1.56 bits per heavy atom. The Kier molecular flexibility index (Phi) is 6.05. The van der Waals surface area contributed by atoms with Crippen LogP contribution in [0.25, 0.3) is 0 Å². The maximum Gasteiger partial charge on any atom is -0.0276 e. The van der Waals surface area contributed by atoms with Gasteiger partial charge in [0, 0.05) is 0 Å². The lowest BCUT2D eigenvalue weighted by Gasteiger charge is -2.11. The van der Waals surface area contributed by atoms with Crippen molar-refractivity contribution in [3.05, 3.63) is 47.6 Å². The highest BCUT2D eigenvalue weighted by atomic mass is 14.1. The summed E-state index contributed by atoms with van der Waals surface area (Å²) in [6.45, 7) is 0. The average Bonchev–Trinajstić information content (AvgIpc) is 2.61. The Labute approximate surface area is 112 Å². The summed E-state index contributed by atoms with van der Waals surface area (Å²) in [4.78, 5) is 0. The third-order valence-corrected chi connectivity index (χ3v) is 3.91. The van der Waals surface area contributed by atoms with Crippen molar-refractivity contribution in [2.24, 2.45) is 0 Å². The largest absolute Gasteiger partial charge is 0.0845 e.